The smallest absolute Gasteiger partial charge is 0.294 e. The first kappa shape index (κ1) is 30.3. The number of anilines is 5. The van der Waals surface area contributed by atoms with E-state index in [0.29, 0.717) is 39.6 Å². The van der Waals surface area contributed by atoms with E-state index in [-0.39, 0.29) is 21.6 Å². The van der Waals surface area contributed by atoms with Crippen LogP contribution in [0.1, 0.15) is 38.5 Å². The van der Waals surface area contributed by atoms with Crippen LogP contribution >= 0.6 is 18.7 Å². The number of nitrogens with zero attached hydrogens (tertiary/aromatic N) is 5. The van der Waals surface area contributed by atoms with Gasteiger partial charge in [-0.2, -0.15) is 4.98 Å². The van der Waals surface area contributed by atoms with Gasteiger partial charge < -0.3 is 25.0 Å². The van der Waals surface area contributed by atoms with Gasteiger partial charge in [-0.05, 0) is 95.6 Å². The molecule has 1 saturated carbocycles. The molecule has 2 aromatic carbocycles. The zero-order chi connectivity index (χ0) is 30.1. The number of halogens is 1. The van der Waals surface area contributed by atoms with Gasteiger partial charge in [-0.1, -0.05) is 23.7 Å². The molecule has 0 atom stereocenters. The maximum atomic E-state index is 12.8. The van der Waals surface area contributed by atoms with Crippen LogP contribution in [0.3, 0.4) is 0 Å². The first-order chi connectivity index (χ1) is 19.9. The van der Waals surface area contributed by atoms with E-state index in [9.17, 15) is 14.7 Å². The van der Waals surface area contributed by atoms with Crippen molar-refractivity contribution in [1.29, 1.82) is 0 Å². The van der Waals surface area contributed by atoms with E-state index < -0.39 is 7.14 Å². The van der Waals surface area contributed by atoms with Gasteiger partial charge in [0, 0.05) is 36.2 Å². The summed E-state index contributed by atoms with van der Waals surface area (Å²) in [6, 6.07) is 13.1. The van der Waals surface area contributed by atoms with Crippen molar-refractivity contribution in [3.63, 3.8) is 0 Å². The van der Waals surface area contributed by atoms with E-state index in [1.807, 2.05) is 36.4 Å². The zero-order valence-electron chi connectivity index (χ0n) is 24.6. The number of aromatic nitrogens is 2. The molecule has 1 aliphatic carbocycles. The maximum absolute atomic E-state index is 12.8. The van der Waals surface area contributed by atoms with Crippen LogP contribution in [0.25, 0.3) is 0 Å². The van der Waals surface area contributed by atoms with Gasteiger partial charge in [0.15, 0.2) is 5.82 Å². The molecule has 0 radical (unpaired) electrons. The lowest BCUT2D eigenvalue weighted by Crippen LogP contribution is -2.44. The third-order valence-corrected chi connectivity index (χ3v) is 10.6. The largest absolute Gasteiger partial charge is 0.366 e. The second kappa shape index (κ2) is 12.2. The minimum absolute atomic E-state index is 0.0511. The molecule has 2 heterocycles. The Labute approximate surface area is 252 Å². The average molecular weight is 612 g/mol. The van der Waals surface area contributed by atoms with E-state index in [1.54, 1.807) is 13.3 Å². The van der Waals surface area contributed by atoms with Crippen LogP contribution < -0.4 is 20.8 Å². The van der Waals surface area contributed by atoms with Crippen LogP contribution in [0.15, 0.2) is 48.7 Å². The summed E-state index contributed by atoms with van der Waals surface area (Å²) in [5.74, 6) is 0.564. The van der Waals surface area contributed by atoms with Gasteiger partial charge in [0.25, 0.3) is 5.69 Å². The summed E-state index contributed by atoms with van der Waals surface area (Å²) in [6.07, 6.45) is 8.49. The van der Waals surface area contributed by atoms with E-state index in [1.165, 1.54) is 37.9 Å². The molecular formula is C30H39ClN7O3P. The van der Waals surface area contributed by atoms with Gasteiger partial charge in [0.2, 0.25) is 5.95 Å². The molecule has 2 fully saturated rings. The summed E-state index contributed by atoms with van der Waals surface area (Å²) in [5, 5.41) is 19.4. The fraction of sp³-hybridized carbons (Fsp3) is 0.467. The summed E-state index contributed by atoms with van der Waals surface area (Å²) < 4.78 is 12.8. The molecule has 1 spiro atoms. The molecule has 1 saturated heterocycles. The van der Waals surface area contributed by atoms with Crippen molar-refractivity contribution in [3.05, 3.63) is 63.8 Å². The highest BCUT2D eigenvalue weighted by atomic mass is 35.5. The highest BCUT2D eigenvalue weighted by Crippen LogP contribution is 2.47. The van der Waals surface area contributed by atoms with Crippen LogP contribution in [0.2, 0.25) is 5.02 Å². The molecule has 0 unspecified atom stereocenters. The van der Waals surface area contributed by atoms with E-state index >= 15 is 0 Å². The van der Waals surface area contributed by atoms with E-state index in [2.05, 4.69) is 44.5 Å². The number of benzene rings is 2. The lowest BCUT2D eigenvalue weighted by Gasteiger charge is -2.47. The molecule has 0 amide bonds. The highest BCUT2D eigenvalue weighted by molar-refractivity contribution is 7.70. The van der Waals surface area contributed by atoms with Crippen LogP contribution in [-0.4, -0.2) is 66.3 Å². The standard InChI is InChI=1S/C30H39ClN7O3P/c1-36(2)22-11-13-30(14-12-22)15-17-37(18-16-30)25-10-9-21(19-26(25)38(39)40)33-29-32-20-23(31)28(35-29)34-24-7-5-6-8-27(24)42(3,4)41/h5-10,19-20,22H,11-18H2,1-4H3,(H2,32,33,34,35). The predicted molar refractivity (Wildman–Crippen MR) is 172 cm³/mol. The van der Waals surface area contributed by atoms with Crippen molar-refractivity contribution in [2.24, 2.45) is 5.41 Å². The van der Waals surface area contributed by atoms with Crippen LogP contribution in [0.5, 0.6) is 0 Å². The molecule has 0 bridgehead atoms. The third kappa shape index (κ3) is 6.72. The third-order valence-electron chi connectivity index (χ3n) is 8.82. The first-order valence-corrected chi connectivity index (χ1v) is 17.3. The molecule has 10 nitrogen and oxygen atoms in total. The highest BCUT2D eigenvalue weighted by Gasteiger charge is 2.39. The van der Waals surface area contributed by atoms with Gasteiger partial charge in [-0.25, -0.2) is 4.98 Å². The first-order valence-electron chi connectivity index (χ1n) is 14.4. The second-order valence-corrected chi connectivity index (χ2v) is 15.7. The Morgan fingerprint density at radius 2 is 1.76 bits per heavy atom. The predicted octanol–water partition coefficient (Wildman–Crippen LogP) is 6.86. The van der Waals surface area contributed by atoms with Crippen molar-refractivity contribution < 1.29 is 9.49 Å². The Morgan fingerprint density at radius 3 is 2.40 bits per heavy atom. The molecule has 42 heavy (non-hydrogen) atoms. The van der Waals surface area contributed by atoms with Crippen molar-refractivity contribution in [3.8, 4) is 0 Å². The van der Waals surface area contributed by atoms with Gasteiger partial charge in [-0.3, -0.25) is 10.1 Å². The monoisotopic (exact) mass is 611 g/mol. The lowest BCUT2D eigenvalue weighted by atomic mass is 9.66. The summed E-state index contributed by atoms with van der Waals surface area (Å²) in [7, 11) is 1.77. The van der Waals surface area contributed by atoms with Gasteiger partial charge >= 0.3 is 0 Å². The number of hydrogen-bond acceptors (Lipinski definition) is 9. The second-order valence-electron chi connectivity index (χ2n) is 12.2. The molecule has 5 rings (SSSR count). The number of para-hydroxylation sites is 1. The number of nitrogens with one attached hydrogen (secondary N) is 2. The van der Waals surface area contributed by atoms with E-state index in [4.69, 9.17) is 11.6 Å². The summed E-state index contributed by atoms with van der Waals surface area (Å²) in [5.41, 5.74) is 2.20. The van der Waals surface area contributed by atoms with Gasteiger partial charge in [0.05, 0.1) is 16.8 Å². The quantitative estimate of drug-likeness (QED) is 0.160. The number of piperidine rings is 1. The van der Waals surface area contributed by atoms with Crippen molar-refractivity contribution >= 4 is 58.6 Å². The van der Waals surface area contributed by atoms with Gasteiger partial charge in [0.1, 0.15) is 17.9 Å². The Morgan fingerprint density at radius 1 is 1.07 bits per heavy atom. The normalized spacial score (nSPS) is 17.4. The minimum Gasteiger partial charge on any atom is -0.366 e. The fourth-order valence-electron chi connectivity index (χ4n) is 6.29. The molecule has 1 aromatic heterocycles. The van der Waals surface area contributed by atoms with Crippen LogP contribution in [-0.2, 0) is 4.57 Å². The summed E-state index contributed by atoms with van der Waals surface area (Å²) >= 11 is 6.38. The number of nitro benzene ring substituents is 1. The van der Waals surface area contributed by atoms with Crippen molar-refractivity contribution in [1.82, 2.24) is 14.9 Å². The van der Waals surface area contributed by atoms with Crippen molar-refractivity contribution in [2.45, 2.75) is 44.6 Å². The van der Waals surface area contributed by atoms with E-state index in [0.717, 1.165) is 25.9 Å². The Kier molecular flexibility index (Phi) is 8.78. The topological polar surface area (TPSA) is 117 Å². The maximum Gasteiger partial charge on any atom is 0.294 e. The molecular weight excluding hydrogens is 573 g/mol. The average Bonchev–Trinajstić information content (AvgIpc) is 2.95. The SMILES string of the molecule is CN(C)C1CCC2(CC1)CCN(c1ccc(Nc3ncc(Cl)c(Nc4ccccc4P(C)(C)=O)n3)cc1[N+](=O)[O-])CC2. The molecule has 2 N–H and O–H groups in total. The molecule has 1 aliphatic heterocycles. The minimum atomic E-state index is -2.56. The number of nitro groups is 1. The molecule has 2 aliphatic rings. The molecule has 12 heteroatoms. The Hall–Kier alpha value is -3.20. The fourth-order valence-corrected chi connectivity index (χ4v) is 7.58. The summed E-state index contributed by atoms with van der Waals surface area (Å²) in [4.78, 5) is 25.1. The molecule has 3 aromatic rings. The Bertz CT molecular complexity index is 1490. The van der Waals surface area contributed by atoms with Crippen molar-refractivity contribution in [2.75, 3.05) is 56.0 Å². The number of hydrogen-bond donors (Lipinski definition) is 2. The van der Waals surface area contributed by atoms with Gasteiger partial charge in [-0.15, -0.1) is 0 Å². The van der Waals surface area contributed by atoms with Crippen LogP contribution in [0, 0.1) is 15.5 Å². The summed E-state index contributed by atoms with van der Waals surface area (Å²) in [6.45, 7) is 5.05. The molecule has 224 valence electrons. The Balaban J connectivity index is 1.30. The zero-order valence-corrected chi connectivity index (χ0v) is 26.3. The van der Waals surface area contributed by atoms with Crippen LogP contribution in [0.4, 0.5) is 34.5 Å². The lowest BCUT2D eigenvalue weighted by molar-refractivity contribution is -0.384. The number of rotatable bonds is 8.